The van der Waals surface area contributed by atoms with Gasteiger partial charge in [-0.15, -0.1) is 0 Å². The summed E-state index contributed by atoms with van der Waals surface area (Å²) < 4.78 is 0. The van der Waals surface area contributed by atoms with Crippen molar-refractivity contribution in [3.63, 3.8) is 0 Å². The predicted octanol–water partition coefficient (Wildman–Crippen LogP) is 0.0416. The van der Waals surface area contributed by atoms with Crippen molar-refractivity contribution in [2.45, 2.75) is 0 Å². The van der Waals surface area contributed by atoms with E-state index in [0.717, 1.165) is 0 Å². The molecule has 0 aliphatic heterocycles. The standard InChI is InChI=1S/C9H9N2O2/c10-5-9(13)11-8-4-2-1-3-7(8)6-12/h1-4H,5,10H2,(H,11,13). The van der Waals surface area contributed by atoms with Crippen molar-refractivity contribution in [3.8, 4) is 0 Å². The van der Waals surface area contributed by atoms with Crippen LogP contribution in [0.25, 0.3) is 0 Å². The molecule has 0 aliphatic rings. The first-order valence-corrected chi connectivity index (χ1v) is 3.75. The highest BCUT2D eigenvalue weighted by atomic mass is 16.1. The molecule has 0 spiro atoms. The van der Waals surface area contributed by atoms with Crippen molar-refractivity contribution in [1.29, 1.82) is 0 Å². The Labute approximate surface area is 75.7 Å². The first-order chi connectivity index (χ1) is 6.27. The summed E-state index contributed by atoms with van der Waals surface area (Å²) in [5.41, 5.74) is 5.86. The Bertz CT molecular complexity index is 323. The number of carbonyl (C=O) groups is 1. The average Bonchev–Trinajstić information content (AvgIpc) is 2.18. The normalized spacial score (nSPS) is 9.31. The first-order valence-electron chi connectivity index (χ1n) is 3.75. The third-order valence-corrected chi connectivity index (χ3v) is 1.50. The number of rotatable bonds is 3. The molecular weight excluding hydrogens is 168 g/mol. The quantitative estimate of drug-likeness (QED) is 0.684. The molecule has 13 heavy (non-hydrogen) atoms. The molecular formula is C9H9N2O2. The molecule has 0 aliphatic carbocycles. The van der Waals surface area contributed by atoms with E-state index in [9.17, 15) is 9.59 Å². The van der Waals surface area contributed by atoms with Crippen LogP contribution >= 0.6 is 0 Å². The van der Waals surface area contributed by atoms with Gasteiger partial charge in [0.2, 0.25) is 12.2 Å². The van der Waals surface area contributed by atoms with E-state index in [4.69, 9.17) is 5.73 Å². The predicted molar refractivity (Wildman–Crippen MR) is 48.9 cm³/mol. The van der Waals surface area contributed by atoms with Crippen molar-refractivity contribution < 1.29 is 9.59 Å². The molecule has 1 aromatic carbocycles. The fourth-order valence-electron chi connectivity index (χ4n) is 0.882. The zero-order chi connectivity index (χ0) is 9.68. The second-order valence-corrected chi connectivity index (χ2v) is 2.40. The minimum absolute atomic E-state index is 0.104. The minimum atomic E-state index is -0.331. The number of carbonyl (C=O) groups excluding carboxylic acids is 2. The highest BCUT2D eigenvalue weighted by molar-refractivity contribution is 5.97. The van der Waals surface area contributed by atoms with Gasteiger partial charge in [0.05, 0.1) is 12.2 Å². The number of hydrogen-bond donors (Lipinski definition) is 2. The smallest absolute Gasteiger partial charge is 0.238 e. The summed E-state index contributed by atoms with van der Waals surface area (Å²) in [4.78, 5) is 21.3. The Morgan fingerprint density at radius 2 is 2.15 bits per heavy atom. The average molecular weight is 177 g/mol. The number of nitrogens with one attached hydrogen (secondary N) is 1. The molecule has 0 atom stereocenters. The number of nitrogens with two attached hydrogens (primary N) is 1. The molecule has 1 amide bonds. The summed E-state index contributed by atoms with van der Waals surface area (Å²) in [6.45, 7) is -0.104. The van der Waals surface area contributed by atoms with E-state index in [1.165, 1.54) is 0 Å². The van der Waals surface area contributed by atoms with Crippen molar-refractivity contribution in [3.05, 3.63) is 29.8 Å². The van der Waals surface area contributed by atoms with E-state index in [1.54, 1.807) is 30.6 Å². The summed E-state index contributed by atoms with van der Waals surface area (Å²) in [7, 11) is 0. The van der Waals surface area contributed by atoms with E-state index < -0.39 is 0 Å². The molecule has 1 aromatic rings. The van der Waals surface area contributed by atoms with Gasteiger partial charge in [-0.3, -0.25) is 9.59 Å². The van der Waals surface area contributed by atoms with Crippen molar-refractivity contribution >= 4 is 17.9 Å². The van der Waals surface area contributed by atoms with Gasteiger partial charge in [-0.2, -0.15) is 0 Å². The Morgan fingerprint density at radius 1 is 1.46 bits per heavy atom. The largest absolute Gasteiger partial charge is 0.324 e. The molecule has 1 radical (unpaired) electrons. The molecule has 67 valence electrons. The summed E-state index contributed by atoms with van der Waals surface area (Å²) in [6.07, 6.45) is 1.72. The van der Waals surface area contributed by atoms with Gasteiger partial charge in [0.15, 0.2) is 0 Å². The second kappa shape index (κ2) is 4.37. The maximum Gasteiger partial charge on any atom is 0.238 e. The highest BCUT2D eigenvalue weighted by Crippen LogP contribution is 2.11. The molecule has 4 nitrogen and oxygen atoms in total. The number of hydrogen-bond acceptors (Lipinski definition) is 3. The number of anilines is 1. The lowest BCUT2D eigenvalue weighted by Crippen LogP contribution is -2.22. The SMILES string of the molecule is NCC(=O)Nc1ccccc1[C]=O. The molecule has 4 heteroatoms. The van der Waals surface area contributed by atoms with Crippen molar-refractivity contribution in [1.82, 2.24) is 0 Å². The van der Waals surface area contributed by atoms with Crippen LogP contribution in [0.5, 0.6) is 0 Å². The van der Waals surface area contributed by atoms with E-state index >= 15 is 0 Å². The van der Waals surface area contributed by atoms with Gasteiger partial charge in [0.1, 0.15) is 0 Å². The van der Waals surface area contributed by atoms with Crippen LogP contribution in [0.2, 0.25) is 0 Å². The Balaban J connectivity index is 2.87. The lowest BCUT2D eigenvalue weighted by Gasteiger charge is -2.04. The zero-order valence-electron chi connectivity index (χ0n) is 6.91. The molecule has 1 rings (SSSR count). The van der Waals surface area contributed by atoms with Crippen LogP contribution in [0.15, 0.2) is 24.3 Å². The number of para-hydroxylation sites is 1. The van der Waals surface area contributed by atoms with Crippen LogP contribution in [-0.4, -0.2) is 18.7 Å². The number of benzene rings is 1. The van der Waals surface area contributed by atoms with Crippen LogP contribution in [0, 0.1) is 0 Å². The van der Waals surface area contributed by atoms with Crippen molar-refractivity contribution in [2.24, 2.45) is 5.73 Å². The van der Waals surface area contributed by atoms with E-state index in [1.807, 2.05) is 0 Å². The lowest BCUT2D eigenvalue weighted by molar-refractivity contribution is -0.114. The third-order valence-electron chi connectivity index (χ3n) is 1.50. The van der Waals surface area contributed by atoms with Gasteiger partial charge in [0, 0.05) is 5.56 Å². The van der Waals surface area contributed by atoms with E-state index in [0.29, 0.717) is 11.3 Å². The van der Waals surface area contributed by atoms with Crippen LogP contribution in [0.3, 0.4) is 0 Å². The van der Waals surface area contributed by atoms with Crippen LogP contribution in [0.1, 0.15) is 5.56 Å². The maximum absolute atomic E-state index is 10.9. The van der Waals surface area contributed by atoms with Gasteiger partial charge < -0.3 is 11.1 Å². The van der Waals surface area contributed by atoms with Crippen LogP contribution < -0.4 is 11.1 Å². The zero-order valence-corrected chi connectivity index (χ0v) is 6.91. The van der Waals surface area contributed by atoms with Crippen LogP contribution in [-0.2, 0) is 9.59 Å². The maximum atomic E-state index is 10.9. The van der Waals surface area contributed by atoms with Gasteiger partial charge in [-0.05, 0) is 12.1 Å². The lowest BCUT2D eigenvalue weighted by atomic mass is 10.2. The number of amides is 1. The van der Waals surface area contributed by atoms with E-state index in [-0.39, 0.29) is 12.5 Å². The van der Waals surface area contributed by atoms with Crippen molar-refractivity contribution in [2.75, 3.05) is 11.9 Å². The fraction of sp³-hybridized carbons (Fsp3) is 0.111. The fourth-order valence-corrected chi connectivity index (χ4v) is 0.882. The first kappa shape index (κ1) is 9.41. The van der Waals surface area contributed by atoms with Gasteiger partial charge in [0.25, 0.3) is 0 Å². The monoisotopic (exact) mass is 177 g/mol. The van der Waals surface area contributed by atoms with Crippen LogP contribution in [0.4, 0.5) is 5.69 Å². The summed E-state index contributed by atoms with van der Waals surface area (Å²) >= 11 is 0. The molecule has 0 saturated carbocycles. The molecule has 0 bridgehead atoms. The van der Waals surface area contributed by atoms with E-state index in [2.05, 4.69) is 5.32 Å². The summed E-state index contributed by atoms with van der Waals surface area (Å²) in [5.74, 6) is -0.331. The molecule has 0 fully saturated rings. The van der Waals surface area contributed by atoms with Gasteiger partial charge in [-0.25, -0.2) is 0 Å². The molecule has 0 heterocycles. The Morgan fingerprint density at radius 3 is 2.77 bits per heavy atom. The van der Waals surface area contributed by atoms with Gasteiger partial charge >= 0.3 is 0 Å². The summed E-state index contributed by atoms with van der Waals surface area (Å²) in [5, 5.41) is 2.48. The molecule has 3 N–H and O–H groups in total. The third kappa shape index (κ3) is 2.38. The van der Waals surface area contributed by atoms with Gasteiger partial charge in [-0.1, -0.05) is 12.1 Å². The highest BCUT2D eigenvalue weighted by Gasteiger charge is 2.03. The Hall–Kier alpha value is -1.68. The molecule has 0 saturated heterocycles. The topological polar surface area (TPSA) is 72.2 Å². The summed E-state index contributed by atoms with van der Waals surface area (Å²) in [6, 6.07) is 6.60. The second-order valence-electron chi connectivity index (χ2n) is 2.40. The molecule has 0 aromatic heterocycles. The molecule has 0 unspecified atom stereocenters. The minimum Gasteiger partial charge on any atom is -0.324 e. The Kier molecular flexibility index (Phi) is 3.16.